The zero-order chi connectivity index (χ0) is 17.7. The molecule has 2 heterocycles. The first-order valence-corrected chi connectivity index (χ1v) is 6.43. The first-order chi connectivity index (χ1) is 11.3. The second kappa shape index (κ2) is 6.96. The molecule has 0 atom stereocenters. The molecule has 124 valence electrons. The summed E-state index contributed by atoms with van der Waals surface area (Å²) < 4.78 is 1.92. The van der Waals surface area contributed by atoms with Gasteiger partial charge in [-0.1, -0.05) is 0 Å². The van der Waals surface area contributed by atoms with Crippen LogP contribution in [0.2, 0.25) is 0 Å². The molecule has 10 nitrogen and oxygen atoms in total. The first kappa shape index (κ1) is 16.5. The number of aromatic nitrogens is 2. The number of primary amides is 2. The second-order valence-corrected chi connectivity index (χ2v) is 4.40. The van der Waals surface area contributed by atoms with Crippen molar-refractivity contribution in [2.24, 2.45) is 11.5 Å². The number of nitrogens with zero attached hydrogens (tertiary/aromatic N) is 2. The van der Waals surface area contributed by atoms with Crippen molar-refractivity contribution in [2.45, 2.75) is 0 Å². The topological polar surface area (TPSA) is 149 Å². The average Bonchev–Trinajstić information content (AvgIpc) is 3.14. The summed E-state index contributed by atoms with van der Waals surface area (Å²) in [6.45, 7) is 0. The van der Waals surface area contributed by atoms with E-state index in [1.807, 2.05) is 0 Å². The molecule has 0 unspecified atom stereocenters. The lowest BCUT2D eigenvalue weighted by molar-refractivity contribution is -0.141. The van der Waals surface area contributed by atoms with Crippen LogP contribution >= 0.6 is 0 Å². The minimum Gasteiger partial charge on any atom is -0.366 e. The van der Waals surface area contributed by atoms with Gasteiger partial charge in [-0.3, -0.25) is 9.59 Å². The fraction of sp³-hybridized carbons (Fsp3) is 0. The highest BCUT2D eigenvalue weighted by atomic mass is 16.7. The van der Waals surface area contributed by atoms with Gasteiger partial charge in [0.05, 0.1) is 23.5 Å². The van der Waals surface area contributed by atoms with Crippen molar-refractivity contribution in [2.75, 3.05) is 0 Å². The summed E-state index contributed by atoms with van der Waals surface area (Å²) in [4.78, 5) is 54.4. The van der Waals surface area contributed by atoms with E-state index in [0.717, 1.165) is 21.6 Å². The van der Waals surface area contributed by atoms with E-state index < -0.39 is 23.8 Å². The van der Waals surface area contributed by atoms with Crippen molar-refractivity contribution in [3.05, 3.63) is 60.2 Å². The lowest BCUT2D eigenvalue weighted by Gasteiger charge is -2.01. The van der Waals surface area contributed by atoms with Gasteiger partial charge in [-0.2, -0.15) is 9.46 Å². The van der Waals surface area contributed by atoms with Gasteiger partial charge in [-0.25, -0.2) is 9.59 Å². The molecule has 2 aromatic rings. The molecule has 0 bridgehead atoms. The molecule has 0 spiro atoms. The number of hydrogen-bond acceptors (Lipinski definition) is 6. The van der Waals surface area contributed by atoms with Gasteiger partial charge in [0.25, 0.3) is 0 Å². The van der Waals surface area contributed by atoms with E-state index in [9.17, 15) is 19.2 Å². The SMILES string of the molecule is NC(=O)c1ccn(OC(=O)/C=C\C(=O)On2ccc(C(N)=O)c2)c1. The minimum absolute atomic E-state index is 0.157. The van der Waals surface area contributed by atoms with Crippen molar-refractivity contribution >= 4 is 23.8 Å². The Bertz CT molecular complexity index is 764. The largest absolute Gasteiger partial charge is 0.366 e. The van der Waals surface area contributed by atoms with Crippen LogP contribution in [-0.2, 0) is 9.59 Å². The number of carbonyl (C=O) groups excluding carboxylic acids is 4. The Labute approximate surface area is 134 Å². The lowest BCUT2D eigenvalue weighted by atomic mass is 10.3. The average molecular weight is 332 g/mol. The van der Waals surface area contributed by atoms with Gasteiger partial charge in [0.1, 0.15) is 0 Å². The van der Waals surface area contributed by atoms with E-state index >= 15 is 0 Å². The van der Waals surface area contributed by atoms with Gasteiger partial charge >= 0.3 is 11.9 Å². The summed E-state index contributed by atoms with van der Waals surface area (Å²) in [6, 6.07) is 2.71. The van der Waals surface area contributed by atoms with Gasteiger partial charge in [0, 0.05) is 24.5 Å². The quantitative estimate of drug-likeness (QED) is 0.625. The van der Waals surface area contributed by atoms with E-state index in [1.165, 1.54) is 36.9 Å². The third kappa shape index (κ3) is 4.34. The second-order valence-electron chi connectivity index (χ2n) is 4.40. The van der Waals surface area contributed by atoms with Gasteiger partial charge < -0.3 is 21.1 Å². The van der Waals surface area contributed by atoms with E-state index in [0.29, 0.717) is 0 Å². The van der Waals surface area contributed by atoms with Crippen LogP contribution in [0.25, 0.3) is 0 Å². The minimum atomic E-state index is -0.885. The summed E-state index contributed by atoms with van der Waals surface area (Å²) in [6.07, 6.45) is 6.66. The highest BCUT2D eigenvalue weighted by Crippen LogP contribution is 1.99. The predicted molar refractivity (Wildman–Crippen MR) is 78.2 cm³/mol. The number of rotatable bonds is 6. The molecule has 24 heavy (non-hydrogen) atoms. The van der Waals surface area contributed by atoms with Crippen molar-refractivity contribution in [1.29, 1.82) is 0 Å². The molecule has 0 radical (unpaired) electrons. The maximum Gasteiger partial charge on any atom is 0.356 e. The van der Waals surface area contributed by atoms with Crippen LogP contribution in [0.15, 0.2) is 49.1 Å². The van der Waals surface area contributed by atoms with Crippen molar-refractivity contribution in [3.63, 3.8) is 0 Å². The molecule has 0 aliphatic rings. The van der Waals surface area contributed by atoms with Crippen LogP contribution < -0.4 is 21.1 Å². The van der Waals surface area contributed by atoms with Crippen molar-refractivity contribution in [1.82, 2.24) is 9.46 Å². The first-order valence-electron chi connectivity index (χ1n) is 6.43. The number of amides is 2. The molecule has 4 N–H and O–H groups in total. The molecule has 0 aliphatic carbocycles. The molecule has 0 aromatic carbocycles. The standard InChI is InChI=1S/C14H12N4O6/c15-13(21)9-3-5-17(7-9)23-11(19)1-2-12(20)24-18-6-4-10(8-18)14(16)22/h1-8H,(H2,15,21)(H2,16,22)/b2-1-. The smallest absolute Gasteiger partial charge is 0.356 e. The molecule has 2 amide bonds. The lowest BCUT2D eigenvalue weighted by Crippen LogP contribution is -2.19. The summed E-state index contributed by atoms with van der Waals surface area (Å²) in [5.41, 5.74) is 10.4. The molecular formula is C14H12N4O6. The summed E-state index contributed by atoms with van der Waals surface area (Å²) in [7, 11) is 0. The zero-order valence-corrected chi connectivity index (χ0v) is 12.1. The van der Waals surface area contributed by atoms with Crippen LogP contribution in [0, 0.1) is 0 Å². The van der Waals surface area contributed by atoms with E-state index in [1.54, 1.807) is 0 Å². The monoisotopic (exact) mass is 332 g/mol. The zero-order valence-electron chi connectivity index (χ0n) is 12.1. The molecule has 10 heteroatoms. The van der Waals surface area contributed by atoms with Gasteiger partial charge in [0.15, 0.2) is 0 Å². The third-order valence-corrected chi connectivity index (χ3v) is 2.65. The van der Waals surface area contributed by atoms with Crippen LogP contribution in [-0.4, -0.2) is 33.2 Å². The van der Waals surface area contributed by atoms with Gasteiger partial charge in [0.2, 0.25) is 11.8 Å². The Kier molecular flexibility index (Phi) is 4.80. The van der Waals surface area contributed by atoms with Crippen LogP contribution in [0.3, 0.4) is 0 Å². The number of nitrogens with two attached hydrogens (primary N) is 2. The van der Waals surface area contributed by atoms with Crippen molar-refractivity contribution < 1.29 is 28.9 Å². The fourth-order valence-corrected chi connectivity index (χ4v) is 1.56. The Morgan fingerprint density at radius 3 is 1.46 bits per heavy atom. The van der Waals surface area contributed by atoms with Gasteiger partial charge in [-0.15, -0.1) is 0 Å². The van der Waals surface area contributed by atoms with E-state index in [-0.39, 0.29) is 11.1 Å². The van der Waals surface area contributed by atoms with E-state index in [2.05, 4.69) is 0 Å². The molecule has 0 aliphatic heterocycles. The van der Waals surface area contributed by atoms with Crippen LogP contribution in [0.4, 0.5) is 0 Å². The van der Waals surface area contributed by atoms with Crippen LogP contribution in [0.1, 0.15) is 20.7 Å². The van der Waals surface area contributed by atoms with Crippen molar-refractivity contribution in [3.8, 4) is 0 Å². The summed E-state index contributed by atoms with van der Waals surface area (Å²) >= 11 is 0. The summed E-state index contributed by atoms with van der Waals surface area (Å²) in [5, 5.41) is 0. The Hall–Kier alpha value is -3.82. The normalized spacial score (nSPS) is 10.5. The molecule has 0 saturated carbocycles. The molecule has 0 saturated heterocycles. The van der Waals surface area contributed by atoms with Gasteiger partial charge in [-0.05, 0) is 12.1 Å². The van der Waals surface area contributed by atoms with Crippen LogP contribution in [0.5, 0.6) is 0 Å². The predicted octanol–water partition coefficient (Wildman–Crippen LogP) is -1.35. The maximum atomic E-state index is 11.5. The highest BCUT2D eigenvalue weighted by molar-refractivity contribution is 5.94. The summed E-state index contributed by atoms with van der Waals surface area (Å²) in [5.74, 6) is -3.12. The molecule has 2 aromatic heterocycles. The fourth-order valence-electron chi connectivity index (χ4n) is 1.56. The maximum absolute atomic E-state index is 11.5. The Balaban J connectivity index is 1.88. The molecule has 2 rings (SSSR count). The number of carbonyl (C=O) groups is 4. The Morgan fingerprint density at radius 2 is 1.17 bits per heavy atom. The number of hydrogen-bond donors (Lipinski definition) is 2. The third-order valence-electron chi connectivity index (χ3n) is 2.65. The van der Waals surface area contributed by atoms with E-state index in [4.69, 9.17) is 21.1 Å². The molecule has 0 fully saturated rings. The molecular weight excluding hydrogens is 320 g/mol. The Morgan fingerprint density at radius 1 is 0.792 bits per heavy atom. The highest BCUT2D eigenvalue weighted by Gasteiger charge is 2.08.